The second-order valence-corrected chi connectivity index (χ2v) is 8.53. The van der Waals surface area contributed by atoms with E-state index in [1.165, 1.54) is 48.8 Å². The molecule has 1 aliphatic carbocycles. The van der Waals surface area contributed by atoms with Crippen molar-refractivity contribution in [1.29, 1.82) is 0 Å². The first-order valence-corrected chi connectivity index (χ1v) is 10.7. The zero-order chi connectivity index (χ0) is 16.3. The molecule has 26 heavy (non-hydrogen) atoms. The molecule has 0 radical (unpaired) electrons. The molecule has 0 heterocycles. The third-order valence-corrected chi connectivity index (χ3v) is 6.82. The van der Waals surface area contributed by atoms with E-state index in [-0.39, 0.29) is 58.6 Å². The van der Waals surface area contributed by atoms with Gasteiger partial charge in [-0.25, -0.2) is 12.2 Å². The minimum Gasteiger partial charge on any atom is -1.00 e. The van der Waals surface area contributed by atoms with Crippen LogP contribution in [0.5, 0.6) is 0 Å². The van der Waals surface area contributed by atoms with Gasteiger partial charge in [0.25, 0.3) is 0 Å². The van der Waals surface area contributed by atoms with Crippen molar-refractivity contribution < 1.29 is 50.7 Å². The van der Waals surface area contributed by atoms with Gasteiger partial charge < -0.3 is 24.8 Å². The topological polar surface area (TPSA) is 0 Å². The molecule has 0 aliphatic heterocycles. The van der Waals surface area contributed by atoms with Crippen LogP contribution in [0.4, 0.5) is 0 Å². The molecule has 0 N–H and O–H groups in total. The van der Waals surface area contributed by atoms with E-state index in [1.807, 2.05) is 12.2 Å². The van der Waals surface area contributed by atoms with E-state index in [9.17, 15) is 0 Å². The number of hydrogen-bond donors (Lipinski definition) is 0. The summed E-state index contributed by atoms with van der Waals surface area (Å²) in [6.45, 7) is 4.60. The Kier molecular flexibility index (Phi) is 18.9. The van der Waals surface area contributed by atoms with Gasteiger partial charge in [0.2, 0.25) is 0 Å². The van der Waals surface area contributed by atoms with E-state index in [0.29, 0.717) is 0 Å². The second kappa shape index (κ2) is 17.3. The number of halogens is 2. The van der Waals surface area contributed by atoms with Gasteiger partial charge in [0.05, 0.1) is 0 Å². The van der Waals surface area contributed by atoms with Gasteiger partial charge in [-0.1, -0.05) is 40.7 Å². The van der Waals surface area contributed by atoms with Gasteiger partial charge in [0.15, 0.2) is 0 Å². The molecule has 0 nitrogen and oxygen atoms in total. The van der Waals surface area contributed by atoms with Crippen LogP contribution in [0.1, 0.15) is 46.0 Å². The standard InChI is InChI=1S/C17H24P.C5H5.2ClH.Hf/c1-3-5-11-18(12-6-4-2)17-13-15-9-7-8-10-16(15)14-17;1-2-4-5-3-1;;;/h7-10,13-14H,3-6,11-12H2,1-2H3;1-3H,4H2;2*1H;/q2*-1;;;+4/p-2. The van der Waals surface area contributed by atoms with E-state index >= 15 is 0 Å². The van der Waals surface area contributed by atoms with Crippen LogP contribution in [0.3, 0.4) is 0 Å². The average Bonchev–Trinajstić information content (AvgIpc) is 3.27. The summed E-state index contributed by atoms with van der Waals surface area (Å²) in [5, 5.41) is 4.48. The SMILES string of the molecule is CCCCP(CCCC)c1cc2ccccc2[cH-]1.[C-]1=CC=CC1.[Cl-].[Cl-].[Hf+4]. The largest absolute Gasteiger partial charge is 4.00 e. The Morgan fingerprint density at radius 3 is 2.15 bits per heavy atom. The van der Waals surface area contributed by atoms with Gasteiger partial charge in [-0.15, -0.1) is 46.8 Å². The van der Waals surface area contributed by atoms with E-state index in [0.717, 1.165) is 6.42 Å². The maximum Gasteiger partial charge on any atom is 4.00 e. The minimum atomic E-state index is 0. The van der Waals surface area contributed by atoms with Crippen LogP contribution in [0.2, 0.25) is 0 Å². The van der Waals surface area contributed by atoms with Crippen molar-refractivity contribution in [2.75, 3.05) is 12.3 Å². The van der Waals surface area contributed by atoms with Crippen LogP contribution in [0.25, 0.3) is 10.8 Å². The van der Waals surface area contributed by atoms with Crippen LogP contribution < -0.4 is 30.1 Å². The summed E-state index contributed by atoms with van der Waals surface area (Å²) in [7, 11) is 0.0856. The van der Waals surface area contributed by atoms with Crippen molar-refractivity contribution >= 4 is 24.0 Å². The molecule has 0 fully saturated rings. The fourth-order valence-corrected chi connectivity index (χ4v) is 5.50. The molecular formula is C22H29Cl2HfP. The predicted molar refractivity (Wildman–Crippen MR) is 107 cm³/mol. The van der Waals surface area contributed by atoms with Crippen LogP contribution in [-0.2, 0) is 25.8 Å². The Bertz CT molecular complexity index is 583. The molecule has 0 unspecified atom stereocenters. The predicted octanol–water partition coefficient (Wildman–Crippen LogP) is 0.577. The summed E-state index contributed by atoms with van der Waals surface area (Å²) in [5.41, 5.74) is 0. The number of unbranched alkanes of at least 4 members (excludes halogenated alkanes) is 2. The molecule has 0 spiro atoms. The van der Waals surface area contributed by atoms with Crippen LogP contribution in [-0.4, -0.2) is 12.3 Å². The van der Waals surface area contributed by atoms with Crippen molar-refractivity contribution in [2.45, 2.75) is 46.0 Å². The van der Waals surface area contributed by atoms with E-state index in [4.69, 9.17) is 0 Å². The number of rotatable bonds is 7. The Hall–Kier alpha value is 0.190. The van der Waals surface area contributed by atoms with Gasteiger partial charge >= 0.3 is 25.8 Å². The van der Waals surface area contributed by atoms with Crippen LogP contribution >= 0.6 is 7.92 Å². The zero-order valence-corrected chi connectivity index (χ0v) is 21.8. The Morgan fingerprint density at radius 1 is 1.04 bits per heavy atom. The number of fused-ring (bicyclic) bond motifs is 1. The summed E-state index contributed by atoms with van der Waals surface area (Å²) in [6.07, 6.45) is 18.3. The van der Waals surface area contributed by atoms with Gasteiger partial charge in [0.1, 0.15) is 0 Å². The van der Waals surface area contributed by atoms with Crippen molar-refractivity contribution in [1.82, 2.24) is 0 Å². The Morgan fingerprint density at radius 2 is 1.69 bits per heavy atom. The smallest absolute Gasteiger partial charge is 1.00 e. The first-order chi connectivity index (χ1) is 11.3. The van der Waals surface area contributed by atoms with Gasteiger partial charge in [-0.2, -0.15) is 12.1 Å². The van der Waals surface area contributed by atoms with E-state index < -0.39 is 0 Å². The third-order valence-electron chi connectivity index (χ3n) is 4.12. The summed E-state index contributed by atoms with van der Waals surface area (Å²) in [6, 6.07) is 13.6. The Balaban J connectivity index is 0. The van der Waals surface area contributed by atoms with E-state index in [2.05, 4.69) is 62.4 Å². The zero-order valence-electron chi connectivity index (χ0n) is 15.8. The van der Waals surface area contributed by atoms with Gasteiger partial charge in [-0.3, -0.25) is 6.08 Å². The monoisotopic (exact) mass is 574 g/mol. The molecule has 3 rings (SSSR count). The minimum absolute atomic E-state index is 0. The summed E-state index contributed by atoms with van der Waals surface area (Å²) in [4.78, 5) is 0. The average molecular weight is 574 g/mol. The normalized spacial score (nSPS) is 11.3. The summed E-state index contributed by atoms with van der Waals surface area (Å²) >= 11 is 0. The molecule has 2 aromatic carbocycles. The number of allylic oxidation sites excluding steroid dienone is 4. The first-order valence-electron chi connectivity index (χ1n) is 8.97. The third kappa shape index (κ3) is 9.93. The van der Waals surface area contributed by atoms with Crippen LogP contribution in [0, 0.1) is 6.08 Å². The molecule has 0 atom stereocenters. The fraction of sp³-hybridized carbons (Fsp3) is 0.409. The van der Waals surface area contributed by atoms with Crippen LogP contribution in [0.15, 0.2) is 54.6 Å². The molecule has 0 bridgehead atoms. The maximum atomic E-state index is 2.99. The summed E-state index contributed by atoms with van der Waals surface area (Å²) < 4.78 is 0. The molecule has 140 valence electrons. The molecule has 0 aromatic heterocycles. The van der Waals surface area contributed by atoms with E-state index in [1.54, 1.807) is 5.30 Å². The fourth-order valence-electron chi connectivity index (χ4n) is 2.72. The Labute approximate surface area is 192 Å². The second-order valence-electron chi connectivity index (χ2n) is 6.04. The quantitative estimate of drug-likeness (QED) is 0.258. The van der Waals surface area contributed by atoms with Crippen molar-refractivity contribution in [2.24, 2.45) is 0 Å². The maximum absolute atomic E-state index is 2.99. The molecular weight excluding hydrogens is 545 g/mol. The molecule has 0 saturated carbocycles. The number of hydrogen-bond acceptors (Lipinski definition) is 0. The molecule has 1 aliphatic rings. The molecule has 4 heteroatoms. The van der Waals surface area contributed by atoms with Crippen molar-refractivity contribution in [3.05, 3.63) is 60.7 Å². The first kappa shape index (κ1) is 28.4. The van der Waals surface area contributed by atoms with Gasteiger partial charge in [0, 0.05) is 0 Å². The molecule has 2 aromatic rings. The molecule has 0 saturated heterocycles. The van der Waals surface area contributed by atoms with Crippen molar-refractivity contribution in [3.63, 3.8) is 0 Å². The summed E-state index contributed by atoms with van der Waals surface area (Å²) in [5.74, 6) is 0. The number of benzene rings is 1. The molecule has 0 amide bonds. The van der Waals surface area contributed by atoms with Crippen molar-refractivity contribution in [3.8, 4) is 0 Å². The van der Waals surface area contributed by atoms with Gasteiger partial charge in [-0.05, 0) is 25.2 Å².